The van der Waals surface area contributed by atoms with E-state index < -0.39 is 0 Å². The summed E-state index contributed by atoms with van der Waals surface area (Å²) in [5.41, 5.74) is 2.69. The molecule has 0 saturated carbocycles. The molecule has 0 fully saturated rings. The van der Waals surface area contributed by atoms with Gasteiger partial charge in [0.25, 0.3) is 0 Å². The first kappa shape index (κ1) is 10.2. The van der Waals surface area contributed by atoms with Crippen molar-refractivity contribution in [3.8, 4) is 0 Å². The van der Waals surface area contributed by atoms with Crippen LogP contribution in [0, 0.1) is 6.92 Å². The van der Waals surface area contributed by atoms with Gasteiger partial charge in [0.15, 0.2) is 0 Å². The van der Waals surface area contributed by atoms with Crippen molar-refractivity contribution < 1.29 is 0 Å². The number of fused-ring (bicyclic) bond motifs is 1. The maximum Gasteiger partial charge on any atom is 0.0451 e. The Bertz CT molecular complexity index is 492. The minimum absolute atomic E-state index is 0.188. The van der Waals surface area contributed by atoms with Crippen LogP contribution in [0.15, 0.2) is 30.5 Å². The third kappa shape index (κ3) is 1.74. The van der Waals surface area contributed by atoms with Crippen LogP contribution in [0.1, 0.15) is 32.0 Å². The first-order valence-electron chi connectivity index (χ1n) is 5.35. The van der Waals surface area contributed by atoms with Gasteiger partial charge in [0.1, 0.15) is 0 Å². The molecule has 0 saturated heterocycles. The summed E-state index contributed by atoms with van der Waals surface area (Å²) >= 11 is 0. The molecule has 0 atom stereocenters. The van der Waals surface area contributed by atoms with Crippen molar-refractivity contribution in [2.75, 3.05) is 0 Å². The molecule has 1 heterocycles. The molecule has 0 aliphatic rings. The third-order valence-corrected chi connectivity index (χ3v) is 2.81. The summed E-state index contributed by atoms with van der Waals surface area (Å²) in [7, 11) is 0. The summed E-state index contributed by atoms with van der Waals surface area (Å²) in [6, 6.07) is 8.59. The molecular formula is C14H17N. The zero-order chi connectivity index (χ0) is 11.1. The lowest BCUT2D eigenvalue weighted by Gasteiger charge is -2.21. The van der Waals surface area contributed by atoms with Crippen molar-refractivity contribution in [3.05, 3.63) is 41.7 Å². The summed E-state index contributed by atoms with van der Waals surface area (Å²) in [5.74, 6) is 0. The first-order chi connectivity index (χ1) is 7.00. The van der Waals surface area contributed by atoms with Crippen molar-refractivity contribution in [2.45, 2.75) is 33.1 Å². The normalized spacial score (nSPS) is 12.0. The lowest BCUT2D eigenvalue weighted by molar-refractivity contribution is 0.596. The maximum atomic E-state index is 4.33. The average molecular weight is 199 g/mol. The average Bonchev–Trinajstić information content (AvgIpc) is 2.16. The van der Waals surface area contributed by atoms with Crippen LogP contribution in [-0.2, 0) is 5.41 Å². The van der Waals surface area contributed by atoms with Crippen LogP contribution in [-0.4, -0.2) is 4.98 Å². The Labute approximate surface area is 91.2 Å². The fourth-order valence-corrected chi connectivity index (χ4v) is 2.01. The van der Waals surface area contributed by atoms with E-state index in [4.69, 9.17) is 0 Å². The number of hydrogen-bond acceptors (Lipinski definition) is 1. The Morgan fingerprint density at radius 2 is 1.73 bits per heavy atom. The molecular weight excluding hydrogens is 182 g/mol. The molecule has 0 spiro atoms. The van der Waals surface area contributed by atoms with Gasteiger partial charge in [-0.25, -0.2) is 0 Å². The van der Waals surface area contributed by atoms with Crippen LogP contribution in [0.4, 0.5) is 0 Å². The van der Waals surface area contributed by atoms with Crippen LogP contribution < -0.4 is 0 Å². The number of hydrogen-bond donors (Lipinski definition) is 0. The van der Waals surface area contributed by atoms with Gasteiger partial charge in [-0.3, -0.25) is 4.98 Å². The Morgan fingerprint density at radius 3 is 2.40 bits per heavy atom. The molecule has 0 amide bonds. The molecule has 15 heavy (non-hydrogen) atoms. The van der Waals surface area contributed by atoms with Gasteiger partial charge >= 0.3 is 0 Å². The molecule has 0 N–H and O–H groups in total. The van der Waals surface area contributed by atoms with Crippen LogP contribution >= 0.6 is 0 Å². The Morgan fingerprint density at radius 1 is 1.00 bits per heavy atom. The quantitative estimate of drug-likeness (QED) is 0.628. The lowest BCUT2D eigenvalue weighted by Crippen LogP contribution is -2.11. The number of pyridine rings is 1. The molecule has 0 aliphatic heterocycles. The molecule has 1 heteroatoms. The van der Waals surface area contributed by atoms with Crippen molar-refractivity contribution in [1.82, 2.24) is 4.98 Å². The molecule has 0 radical (unpaired) electrons. The van der Waals surface area contributed by atoms with Crippen LogP contribution in [0.2, 0.25) is 0 Å². The predicted molar refractivity (Wildman–Crippen MR) is 65.2 cm³/mol. The molecule has 2 rings (SSSR count). The van der Waals surface area contributed by atoms with Crippen LogP contribution in [0.3, 0.4) is 0 Å². The molecule has 0 unspecified atom stereocenters. The van der Waals surface area contributed by atoms with Crippen molar-refractivity contribution >= 4 is 10.8 Å². The molecule has 1 aromatic heterocycles. The number of benzene rings is 1. The second-order valence-corrected chi connectivity index (χ2v) is 5.05. The Balaban J connectivity index is 2.83. The standard InChI is InChI=1S/C14H17N/c1-10-11-6-5-7-13(14(2,3)4)12(11)8-9-15-10/h5-9H,1-4H3. The van der Waals surface area contributed by atoms with E-state index in [0.29, 0.717) is 0 Å². The fourth-order valence-electron chi connectivity index (χ4n) is 2.01. The van der Waals surface area contributed by atoms with E-state index in [1.807, 2.05) is 6.20 Å². The van der Waals surface area contributed by atoms with Gasteiger partial charge in [-0.05, 0) is 29.4 Å². The zero-order valence-electron chi connectivity index (χ0n) is 9.83. The zero-order valence-corrected chi connectivity index (χ0v) is 9.83. The second-order valence-electron chi connectivity index (χ2n) is 5.05. The van der Waals surface area contributed by atoms with E-state index in [0.717, 1.165) is 5.69 Å². The largest absolute Gasteiger partial charge is 0.261 e. The number of rotatable bonds is 0. The molecule has 0 aliphatic carbocycles. The van der Waals surface area contributed by atoms with E-state index in [1.165, 1.54) is 16.3 Å². The predicted octanol–water partition coefficient (Wildman–Crippen LogP) is 3.84. The Hall–Kier alpha value is -1.37. The SMILES string of the molecule is Cc1nccc2c(C(C)(C)C)cccc12. The van der Waals surface area contributed by atoms with E-state index in [2.05, 4.69) is 56.9 Å². The van der Waals surface area contributed by atoms with Crippen molar-refractivity contribution in [1.29, 1.82) is 0 Å². The van der Waals surface area contributed by atoms with Gasteiger partial charge < -0.3 is 0 Å². The third-order valence-electron chi connectivity index (χ3n) is 2.81. The first-order valence-corrected chi connectivity index (χ1v) is 5.35. The van der Waals surface area contributed by atoms with Gasteiger partial charge in [-0.2, -0.15) is 0 Å². The molecule has 0 bridgehead atoms. The minimum atomic E-state index is 0.188. The van der Waals surface area contributed by atoms with Gasteiger partial charge in [-0.15, -0.1) is 0 Å². The number of aryl methyl sites for hydroxylation is 1. The van der Waals surface area contributed by atoms with Gasteiger partial charge in [0.05, 0.1) is 0 Å². The van der Waals surface area contributed by atoms with Gasteiger partial charge in [-0.1, -0.05) is 39.0 Å². The molecule has 1 nitrogen and oxygen atoms in total. The smallest absolute Gasteiger partial charge is 0.0451 e. The summed E-state index contributed by atoms with van der Waals surface area (Å²) in [6.07, 6.45) is 1.90. The van der Waals surface area contributed by atoms with Crippen molar-refractivity contribution in [2.24, 2.45) is 0 Å². The number of aromatic nitrogens is 1. The van der Waals surface area contributed by atoms with Crippen molar-refractivity contribution in [3.63, 3.8) is 0 Å². The summed E-state index contributed by atoms with van der Waals surface area (Å²) in [4.78, 5) is 4.33. The van der Waals surface area contributed by atoms with E-state index in [9.17, 15) is 0 Å². The van der Waals surface area contributed by atoms with Crippen LogP contribution in [0.25, 0.3) is 10.8 Å². The van der Waals surface area contributed by atoms with E-state index in [1.54, 1.807) is 0 Å². The van der Waals surface area contributed by atoms with Gasteiger partial charge in [0, 0.05) is 17.3 Å². The minimum Gasteiger partial charge on any atom is -0.261 e. The van der Waals surface area contributed by atoms with Crippen LogP contribution in [0.5, 0.6) is 0 Å². The Kier molecular flexibility index (Phi) is 2.26. The molecule has 1 aromatic carbocycles. The fraction of sp³-hybridized carbons (Fsp3) is 0.357. The van der Waals surface area contributed by atoms with E-state index in [-0.39, 0.29) is 5.41 Å². The maximum absolute atomic E-state index is 4.33. The molecule has 78 valence electrons. The summed E-state index contributed by atoms with van der Waals surface area (Å²) < 4.78 is 0. The van der Waals surface area contributed by atoms with Gasteiger partial charge in [0.2, 0.25) is 0 Å². The molecule has 2 aromatic rings. The monoisotopic (exact) mass is 199 g/mol. The highest BCUT2D eigenvalue weighted by atomic mass is 14.7. The highest BCUT2D eigenvalue weighted by Crippen LogP contribution is 2.30. The highest BCUT2D eigenvalue weighted by Gasteiger charge is 2.16. The topological polar surface area (TPSA) is 12.9 Å². The number of nitrogens with zero attached hydrogens (tertiary/aromatic N) is 1. The lowest BCUT2D eigenvalue weighted by atomic mass is 9.84. The van der Waals surface area contributed by atoms with E-state index >= 15 is 0 Å². The summed E-state index contributed by atoms with van der Waals surface area (Å²) in [6.45, 7) is 8.81. The summed E-state index contributed by atoms with van der Waals surface area (Å²) in [5, 5.41) is 2.60. The highest BCUT2D eigenvalue weighted by molar-refractivity contribution is 5.88. The second kappa shape index (κ2) is 3.34.